The zero-order valence-corrected chi connectivity index (χ0v) is 25.7. The lowest BCUT2D eigenvalue weighted by atomic mass is 10.1. The van der Waals surface area contributed by atoms with Gasteiger partial charge in [-0.1, -0.05) is 104 Å². The molecule has 5 heteroatoms. The van der Waals surface area contributed by atoms with Gasteiger partial charge in [0.15, 0.2) is 0 Å². The predicted molar refractivity (Wildman–Crippen MR) is 167 cm³/mol. The minimum Gasteiger partial charge on any atom is -0.493 e. The smallest absolute Gasteiger partial charge is 0.130 e. The molecule has 0 bridgehead atoms. The highest BCUT2D eigenvalue weighted by Crippen LogP contribution is 2.41. The maximum Gasteiger partial charge on any atom is 0.130 e. The third kappa shape index (κ3) is 12.0. The number of hydrogen-bond donors (Lipinski definition) is 0. The summed E-state index contributed by atoms with van der Waals surface area (Å²) in [6, 6.07) is 8.90. The Kier molecular flexibility index (Phi) is 15.4. The highest BCUT2D eigenvalue weighted by molar-refractivity contribution is 7.25. The first-order chi connectivity index (χ1) is 18.3. The summed E-state index contributed by atoms with van der Waals surface area (Å²) in [7, 11) is 0. The minimum absolute atomic E-state index is 0.831. The van der Waals surface area contributed by atoms with Crippen molar-refractivity contribution < 1.29 is 9.47 Å². The fraction of sp³-hybridized carbons (Fsp3) is 0.625. The van der Waals surface area contributed by atoms with Gasteiger partial charge in [0.25, 0.3) is 0 Å². The molecule has 0 spiro atoms. The van der Waals surface area contributed by atoms with Gasteiger partial charge in [-0.05, 0) is 37.1 Å². The van der Waals surface area contributed by atoms with Crippen LogP contribution in [0.4, 0.5) is 0 Å². The molecule has 3 rings (SSSR count). The van der Waals surface area contributed by atoms with Crippen LogP contribution in [0.25, 0.3) is 19.5 Å². The highest BCUT2D eigenvalue weighted by atomic mass is 32.1. The van der Waals surface area contributed by atoms with E-state index in [1.165, 1.54) is 109 Å². The maximum atomic E-state index is 6.03. The summed E-state index contributed by atoms with van der Waals surface area (Å²) in [6.45, 7) is 6.22. The van der Waals surface area contributed by atoms with Crippen LogP contribution in [0.15, 0.2) is 35.0 Å². The number of ether oxygens (including phenoxy) is 2. The highest BCUT2D eigenvalue weighted by Gasteiger charge is 2.11. The lowest BCUT2D eigenvalue weighted by Crippen LogP contribution is -1.96. The molecule has 0 unspecified atom stereocenters. The topological polar surface area (TPSA) is 18.5 Å². The Morgan fingerprint density at radius 2 is 0.865 bits per heavy atom. The van der Waals surface area contributed by atoms with E-state index in [1.54, 1.807) is 22.7 Å². The molecule has 0 aliphatic heterocycles. The number of rotatable bonds is 22. The fourth-order valence-corrected chi connectivity index (χ4v) is 7.36. The average Bonchev–Trinajstić information content (AvgIpc) is 3.67. The van der Waals surface area contributed by atoms with Crippen molar-refractivity contribution in [3.63, 3.8) is 0 Å². The van der Waals surface area contributed by atoms with Crippen molar-refractivity contribution >= 4 is 34.0 Å². The van der Waals surface area contributed by atoms with Gasteiger partial charge in [0.2, 0.25) is 0 Å². The predicted octanol–water partition coefficient (Wildman–Crippen LogP) is 12.2. The Labute approximate surface area is 238 Å². The van der Waals surface area contributed by atoms with Crippen LogP contribution >= 0.6 is 34.0 Å². The summed E-state index contributed by atoms with van der Waals surface area (Å²) in [6.07, 6.45) is 21.3. The number of hydrogen-bond acceptors (Lipinski definition) is 5. The Morgan fingerprint density at radius 1 is 0.486 bits per heavy atom. The lowest BCUT2D eigenvalue weighted by Gasteiger charge is -2.04. The van der Waals surface area contributed by atoms with E-state index in [2.05, 4.69) is 48.9 Å². The number of unbranched alkanes of at least 4 members (excludes halogenated alkanes) is 14. The third-order valence-corrected chi connectivity index (χ3v) is 10.1. The van der Waals surface area contributed by atoms with Crippen LogP contribution in [0.5, 0.6) is 11.5 Å². The molecule has 0 radical (unpaired) electrons. The van der Waals surface area contributed by atoms with Crippen LogP contribution < -0.4 is 9.47 Å². The van der Waals surface area contributed by atoms with Gasteiger partial charge in [-0.15, -0.1) is 34.0 Å². The second kappa shape index (κ2) is 18.9. The van der Waals surface area contributed by atoms with Gasteiger partial charge in [-0.25, -0.2) is 0 Å². The van der Waals surface area contributed by atoms with Crippen LogP contribution in [0.3, 0.4) is 0 Å². The molecule has 2 nitrogen and oxygen atoms in total. The first-order valence-electron chi connectivity index (χ1n) is 14.8. The molecule has 0 aromatic carbocycles. The molecule has 0 aliphatic carbocycles. The molecule has 0 amide bonds. The molecule has 0 atom stereocenters. The van der Waals surface area contributed by atoms with E-state index in [9.17, 15) is 0 Å². The van der Waals surface area contributed by atoms with E-state index in [-0.39, 0.29) is 0 Å². The normalized spacial score (nSPS) is 11.3. The first kappa shape index (κ1) is 30.2. The molecule has 0 N–H and O–H groups in total. The molecule has 3 aromatic rings. The van der Waals surface area contributed by atoms with Crippen molar-refractivity contribution in [3.8, 4) is 31.0 Å². The van der Waals surface area contributed by atoms with E-state index >= 15 is 0 Å². The van der Waals surface area contributed by atoms with Crippen molar-refractivity contribution in [1.29, 1.82) is 0 Å². The van der Waals surface area contributed by atoms with Crippen molar-refractivity contribution in [1.82, 2.24) is 0 Å². The number of thiophene rings is 3. The molecule has 0 fully saturated rings. The van der Waals surface area contributed by atoms with E-state index in [0.29, 0.717) is 0 Å². The van der Waals surface area contributed by atoms with Crippen molar-refractivity contribution in [2.24, 2.45) is 0 Å². The summed E-state index contributed by atoms with van der Waals surface area (Å²) in [5, 5.41) is 4.31. The van der Waals surface area contributed by atoms with Gasteiger partial charge in [0, 0.05) is 30.3 Å². The minimum atomic E-state index is 0.831. The summed E-state index contributed by atoms with van der Waals surface area (Å²) < 4.78 is 12.1. The monoisotopic (exact) mass is 560 g/mol. The molecular weight excluding hydrogens is 513 g/mol. The molecule has 0 aliphatic rings. The molecule has 3 aromatic heterocycles. The largest absolute Gasteiger partial charge is 0.493 e. The lowest BCUT2D eigenvalue weighted by molar-refractivity contribution is 0.305. The van der Waals surface area contributed by atoms with Crippen molar-refractivity contribution in [2.45, 2.75) is 117 Å². The molecule has 0 saturated heterocycles. The van der Waals surface area contributed by atoms with Crippen molar-refractivity contribution in [2.75, 3.05) is 13.2 Å². The van der Waals surface area contributed by atoms with E-state index in [0.717, 1.165) is 37.6 Å². The van der Waals surface area contributed by atoms with Gasteiger partial charge in [-0.2, -0.15) is 0 Å². The van der Waals surface area contributed by atoms with Gasteiger partial charge in [-0.3, -0.25) is 0 Å². The Morgan fingerprint density at radius 3 is 1.27 bits per heavy atom. The average molecular weight is 561 g/mol. The van der Waals surface area contributed by atoms with E-state index < -0.39 is 0 Å². The van der Waals surface area contributed by atoms with Gasteiger partial charge >= 0.3 is 0 Å². The van der Waals surface area contributed by atoms with Crippen LogP contribution in [-0.4, -0.2) is 13.2 Å². The second-order valence-corrected chi connectivity index (χ2v) is 13.0. The summed E-state index contributed by atoms with van der Waals surface area (Å²) in [5.41, 5.74) is 0. The first-order valence-corrected chi connectivity index (χ1v) is 17.4. The SMILES string of the molecule is CCCCCCCCCCOc1csc(-c2ccc(-c3cc(OCCCCCCCCCC)cs3)s2)c1. The summed E-state index contributed by atoms with van der Waals surface area (Å²) >= 11 is 5.43. The third-order valence-electron chi connectivity index (χ3n) is 6.78. The zero-order valence-electron chi connectivity index (χ0n) is 23.2. The quantitative estimate of drug-likeness (QED) is 0.114. The van der Waals surface area contributed by atoms with Crippen LogP contribution in [0.2, 0.25) is 0 Å². The standard InChI is InChI=1S/C32H48O2S3/c1-3-5-7-9-11-13-15-17-21-33-27-23-31(35-25-27)29-19-20-30(37-29)32-24-28(26-36-32)34-22-18-16-14-12-10-8-6-4-2/h19-20,23-26H,3-18,21-22H2,1-2H3. The zero-order chi connectivity index (χ0) is 26.0. The van der Waals surface area contributed by atoms with Gasteiger partial charge in [0.1, 0.15) is 11.5 Å². The van der Waals surface area contributed by atoms with Gasteiger partial charge < -0.3 is 9.47 Å². The summed E-state index contributed by atoms with van der Waals surface area (Å²) in [4.78, 5) is 5.23. The maximum absolute atomic E-state index is 6.03. The van der Waals surface area contributed by atoms with Crippen LogP contribution in [0, 0.1) is 0 Å². The van der Waals surface area contributed by atoms with Crippen LogP contribution in [0.1, 0.15) is 117 Å². The summed E-state index contributed by atoms with van der Waals surface area (Å²) in [5.74, 6) is 2.04. The van der Waals surface area contributed by atoms with Crippen molar-refractivity contribution in [3.05, 3.63) is 35.0 Å². The molecular formula is C32H48O2S3. The second-order valence-electron chi connectivity index (χ2n) is 10.1. The van der Waals surface area contributed by atoms with E-state index in [1.807, 2.05) is 11.3 Å². The Hall–Kier alpha value is -1.30. The van der Waals surface area contributed by atoms with Gasteiger partial charge in [0.05, 0.1) is 13.2 Å². The molecule has 0 saturated carbocycles. The molecule has 206 valence electrons. The Bertz CT molecular complexity index is 880. The van der Waals surface area contributed by atoms with Crippen LogP contribution in [-0.2, 0) is 0 Å². The van der Waals surface area contributed by atoms with E-state index in [4.69, 9.17) is 9.47 Å². The fourth-order valence-electron chi connectivity index (χ4n) is 4.50. The molecule has 3 heterocycles. The Balaban J connectivity index is 1.32. The molecule has 37 heavy (non-hydrogen) atoms.